The summed E-state index contributed by atoms with van der Waals surface area (Å²) >= 11 is 0. The standard InChI is InChI=1S/C31H36N2O4/c1-19-27-22-9-5-6-10-23(22)28-26(20-7-3-2-4-8-20)24-12-11-21(29(34)35)17-25(24)33(28)18-31(19,27)30(36)32-13-15-37-16-14-32/h5-6,9-12,17,19-20,27,30,36H,2-4,7-8,13-16,18H2,1H3,(H,34,35). The van der Waals surface area contributed by atoms with E-state index < -0.39 is 12.2 Å². The van der Waals surface area contributed by atoms with Crippen molar-refractivity contribution in [3.05, 3.63) is 59.2 Å². The number of aliphatic hydroxyl groups is 1. The van der Waals surface area contributed by atoms with Crippen LogP contribution in [-0.2, 0) is 11.3 Å². The average molecular weight is 501 g/mol. The normalized spacial score (nSPS) is 28.7. The van der Waals surface area contributed by atoms with Crippen molar-refractivity contribution in [1.82, 2.24) is 9.47 Å². The van der Waals surface area contributed by atoms with E-state index in [1.807, 2.05) is 12.1 Å². The summed E-state index contributed by atoms with van der Waals surface area (Å²) in [7, 11) is 0. The van der Waals surface area contributed by atoms with E-state index in [1.54, 1.807) is 6.07 Å². The molecule has 3 heterocycles. The summed E-state index contributed by atoms with van der Waals surface area (Å²) in [4.78, 5) is 14.2. The second-order valence-corrected chi connectivity index (χ2v) is 11.7. The van der Waals surface area contributed by atoms with Crippen molar-refractivity contribution in [2.45, 2.75) is 63.6 Å². The Morgan fingerprint density at radius 3 is 2.59 bits per heavy atom. The minimum atomic E-state index is -0.897. The number of aromatic nitrogens is 1. The highest BCUT2D eigenvalue weighted by Gasteiger charge is 2.69. The van der Waals surface area contributed by atoms with Crippen LogP contribution < -0.4 is 0 Å². The van der Waals surface area contributed by atoms with Crippen LogP contribution >= 0.6 is 0 Å². The highest BCUT2D eigenvalue weighted by Crippen LogP contribution is 2.71. The molecule has 2 aliphatic carbocycles. The van der Waals surface area contributed by atoms with Gasteiger partial charge in [-0.2, -0.15) is 0 Å². The lowest BCUT2D eigenvalue weighted by Crippen LogP contribution is -2.49. The zero-order valence-corrected chi connectivity index (χ0v) is 21.5. The number of benzene rings is 2. The van der Waals surface area contributed by atoms with Crippen molar-refractivity contribution in [1.29, 1.82) is 0 Å². The maximum absolute atomic E-state index is 12.0. The highest BCUT2D eigenvalue weighted by molar-refractivity contribution is 5.98. The molecule has 6 nitrogen and oxygen atoms in total. The molecule has 6 heteroatoms. The van der Waals surface area contributed by atoms with E-state index in [0.29, 0.717) is 37.2 Å². The van der Waals surface area contributed by atoms with Crippen molar-refractivity contribution in [3.63, 3.8) is 0 Å². The molecule has 0 bridgehead atoms. The molecular formula is C31H36N2O4. The minimum absolute atomic E-state index is 0.262. The van der Waals surface area contributed by atoms with Gasteiger partial charge in [0.1, 0.15) is 6.23 Å². The van der Waals surface area contributed by atoms with Crippen molar-refractivity contribution >= 4 is 16.9 Å². The quantitative estimate of drug-likeness (QED) is 0.499. The SMILES string of the molecule is CC1C2c3ccccc3-c3c(C4CCCCC4)c4ccc(C(=O)O)cc4n3CC12C(O)N1CCOCC1. The Bertz CT molecular complexity index is 1370. The van der Waals surface area contributed by atoms with E-state index in [1.165, 1.54) is 59.9 Å². The molecule has 1 saturated heterocycles. The van der Waals surface area contributed by atoms with Gasteiger partial charge in [0.2, 0.25) is 0 Å². The van der Waals surface area contributed by atoms with Crippen molar-refractivity contribution in [2.24, 2.45) is 11.3 Å². The fraction of sp³-hybridized carbons (Fsp3) is 0.516. The molecule has 1 aromatic heterocycles. The van der Waals surface area contributed by atoms with Crippen LogP contribution in [0.1, 0.15) is 72.3 Å². The first-order chi connectivity index (χ1) is 18.0. The summed E-state index contributed by atoms with van der Waals surface area (Å²) in [5.74, 6) is 0.158. The predicted octanol–water partition coefficient (Wildman–Crippen LogP) is 5.44. The number of hydrogen-bond acceptors (Lipinski definition) is 4. The molecule has 2 aromatic carbocycles. The predicted molar refractivity (Wildman–Crippen MR) is 143 cm³/mol. The third-order valence-corrected chi connectivity index (χ3v) is 10.0. The van der Waals surface area contributed by atoms with Crippen LogP contribution in [0.2, 0.25) is 0 Å². The number of aliphatic hydroxyl groups excluding tert-OH is 1. The van der Waals surface area contributed by atoms with Gasteiger partial charge in [-0.05, 0) is 53.9 Å². The molecule has 7 rings (SSSR count). The van der Waals surface area contributed by atoms with Gasteiger partial charge in [-0.3, -0.25) is 4.90 Å². The lowest BCUT2D eigenvalue weighted by molar-refractivity contribution is -0.102. The summed E-state index contributed by atoms with van der Waals surface area (Å²) in [5, 5.41) is 23.0. The zero-order chi connectivity index (χ0) is 25.3. The maximum Gasteiger partial charge on any atom is 0.335 e. The van der Waals surface area contributed by atoms with Gasteiger partial charge in [0.15, 0.2) is 0 Å². The smallest absolute Gasteiger partial charge is 0.335 e. The van der Waals surface area contributed by atoms with Gasteiger partial charge in [0.05, 0.1) is 24.5 Å². The number of fused-ring (bicyclic) bond motifs is 7. The van der Waals surface area contributed by atoms with Gasteiger partial charge in [-0.25, -0.2) is 4.79 Å². The molecule has 4 aliphatic rings. The Morgan fingerprint density at radius 2 is 1.84 bits per heavy atom. The third kappa shape index (κ3) is 3.38. The number of hydrogen-bond donors (Lipinski definition) is 2. The van der Waals surface area contributed by atoms with E-state index >= 15 is 0 Å². The minimum Gasteiger partial charge on any atom is -0.478 e. The number of carbonyl (C=O) groups is 1. The van der Waals surface area contributed by atoms with Crippen molar-refractivity contribution in [2.75, 3.05) is 26.3 Å². The summed E-state index contributed by atoms with van der Waals surface area (Å²) in [6.07, 6.45) is 5.55. The number of morpholine rings is 1. The number of rotatable bonds is 4. The lowest BCUT2D eigenvalue weighted by atomic mass is 9.81. The fourth-order valence-electron chi connectivity index (χ4n) is 8.12. The van der Waals surface area contributed by atoms with Gasteiger partial charge >= 0.3 is 5.97 Å². The molecule has 4 unspecified atom stereocenters. The largest absolute Gasteiger partial charge is 0.478 e. The molecule has 194 valence electrons. The molecule has 2 N–H and O–H groups in total. The van der Waals surface area contributed by atoms with Crippen LogP contribution in [0.25, 0.3) is 22.2 Å². The van der Waals surface area contributed by atoms with Crippen LogP contribution in [0, 0.1) is 11.3 Å². The van der Waals surface area contributed by atoms with Gasteiger partial charge in [0, 0.05) is 41.5 Å². The first-order valence-corrected chi connectivity index (χ1v) is 14.0. The van der Waals surface area contributed by atoms with Crippen molar-refractivity contribution in [3.8, 4) is 11.3 Å². The number of nitrogens with zero attached hydrogens (tertiary/aromatic N) is 2. The summed E-state index contributed by atoms with van der Waals surface area (Å²) in [5.41, 5.74) is 6.24. The first kappa shape index (κ1) is 23.4. The second kappa shape index (κ2) is 8.69. The van der Waals surface area contributed by atoms with E-state index in [-0.39, 0.29) is 11.3 Å². The monoisotopic (exact) mass is 500 g/mol. The summed E-state index contributed by atoms with van der Waals surface area (Å²) in [6, 6.07) is 14.5. The molecule has 2 saturated carbocycles. The molecule has 37 heavy (non-hydrogen) atoms. The highest BCUT2D eigenvalue weighted by atomic mass is 16.5. The van der Waals surface area contributed by atoms with E-state index in [0.717, 1.165) is 18.6 Å². The Hall–Kier alpha value is -2.67. The molecular weight excluding hydrogens is 464 g/mol. The first-order valence-electron chi connectivity index (χ1n) is 14.0. The fourth-order valence-corrected chi connectivity index (χ4v) is 8.12. The van der Waals surface area contributed by atoms with Crippen LogP contribution in [0.3, 0.4) is 0 Å². The molecule has 4 atom stereocenters. The van der Waals surface area contributed by atoms with Crippen LogP contribution in [-0.4, -0.2) is 58.2 Å². The van der Waals surface area contributed by atoms with Gasteiger partial charge in [-0.15, -0.1) is 0 Å². The van der Waals surface area contributed by atoms with Gasteiger partial charge in [0.25, 0.3) is 0 Å². The third-order valence-electron chi connectivity index (χ3n) is 10.0. The molecule has 3 fully saturated rings. The Kier molecular flexibility index (Phi) is 5.50. The molecule has 0 amide bonds. The van der Waals surface area contributed by atoms with Crippen molar-refractivity contribution < 1.29 is 19.7 Å². The molecule has 2 aliphatic heterocycles. The summed E-state index contributed by atoms with van der Waals surface area (Å²) in [6.45, 7) is 5.74. The second-order valence-electron chi connectivity index (χ2n) is 11.7. The molecule has 0 radical (unpaired) electrons. The Balaban J connectivity index is 1.49. The number of aromatic carboxylic acids is 1. The van der Waals surface area contributed by atoms with Crippen LogP contribution in [0.5, 0.6) is 0 Å². The number of ether oxygens (including phenoxy) is 1. The average Bonchev–Trinajstić information content (AvgIpc) is 3.45. The maximum atomic E-state index is 12.0. The Labute approximate surface area is 217 Å². The number of carboxylic acids is 1. The summed E-state index contributed by atoms with van der Waals surface area (Å²) < 4.78 is 8.00. The molecule has 3 aromatic rings. The van der Waals surface area contributed by atoms with Crippen LogP contribution in [0.15, 0.2) is 42.5 Å². The number of carboxylic acid groups (broad SMARTS) is 1. The topological polar surface area (TPSA) is 74.9 Å². The van der Waals surface area contributed by atoms with E-state index in [9.17, 15) is 15.0 Å². The van der Waals surface area contributed by atoms with E-state index in [4.69, 9.17) is 4.74 Å². The van der Waals surface area contributed by atoms with E-state index in [2.05, 4.69) is 40.7 Å². The Morgan fingerprint density at radius 1 is 1.08 bits per heavy atom. The zero-order valence-electron chi connectivity index (χ0n) is 21.5. The lowest BCUT2D eigenvalue weighted by Gasteiger charge is -2.37. The van der Waals surface area contributed by atoms with Gasteiger partial charge < -0.3 is 19.5 Å². The molecule has 0 spiro atoms. The van der Waals surface area contributed by atoms with Gasteiger partial charge in [-0.1, -0.05) is 56.5 Å². The van der Waals surface area contributed by atoms with Crippen LogP contribution in [0.4, 0.5) is 0 Å².